The van der Waals surface area contributed by atoms with Crippen LogP contribution in [0.1, 0.15) is 56.1 Å². The molecule has 2 bridgehead atoms. The van der Waals surface area contributed by atoms with Gasteiger partial charge < -0.3 is 15.5 Å². The lowest BCUT2D eigenvalue weighted by Gasteiger charge is -2.50. The second-order valence-electron chi connectivity index (χ2n) is 8.27. The Balaban J connectivity index is 1.44. The summed E-state index contributed by atoms with van der Waals surface area (Å²) in [4.78, 5) is 14.6. The Bertz CT molecular complexity index is 701. The van der Waals surface area contributed by atoms with Crippen molar-refractivity contribution < 1.29 is 4.79 Å². The van der Waals surface area contributed by atoms with E-state index in [-0.39, 0.29) is 5.91 Å². The van der Waals surface area contributed by atoms with Gasteiger partial charge in [-0.2, -0.15) is 0 Å². The molecule has 3 atom stereocenters. The van der Waals surface area contributed by atoms with Gasteiger partial charge in [-0.3, -0.25) is 4.79 Å². The van der Waals surface area contributed by atoms with Crippen LogP contribution < -0.4 is 10.6 Å². The van der Waals surface area contributed by atoms with Crippen molar-refractivity contribution in [1.29, 1.82) is 0 Å². The number of rotatable bonds is 3. The van der Waals surface area contributed by atoms with E-state index in [1.807, 2.05) is 0 Å². The molecular formula is C21H29N3OS. The predicted molar refractivity (Wildman–Crippen MR) is 109 cm³/mol. The number of hydrogen-bond acceptors (Lipinski definition) is 2. The lowest BCUT2D eigenvalue weighted by molar-refractivity contribution is -0.123. The molecule has 4 rings (SSSR count). The molecule has 0 radical (unpaired) electrons. The summed E-state index contributed by atoms with van der Waals surface area (Å²) < 4.78 is 0. The molecule has 1 saturated carbocycles. The van der Waals surface area contributed by atoms with Crippen molar-refractivity contribution in [1.82, 2.24) is 10.2 Å². The average Bonchev–Trinajstić information content (AvgIpc) is 3.43. The topological polar surface area (TPSA) is 44.4 Å². The number of carbonyl (C=O) groups excluding carboxylic acids is 1. The highest BCUT2D eigenvalue weighted by Crippen LogP contribution is 2.36. The minimum Gasteiger partial charge on any atom is -0.353 e. The maximum atomic E-state index is 12.2. The zero-order valence-corrected chi connectivity index (χ0v) is 16.6. The first kappa shape index (κ1) is 17.8. The van der Waals surface area contributed by atoms with Crippen LogP contribution in [0.4, 0.5) is 5.69 Å². The Labute approximate surface area is 161 Å². The van der Waals surface area contributed by atoms with Gasteiger partial charge in [0.05, 0.1) is 0 Å². The maximum Gasteiger partial charge on any atom is 0.223 e. The monoisotopic (exact) mass is 371 g/mol. The van der Waals surface area contributed by atoms with Crippen LogP contribution in [0.25, 0.3) is 0 Å². The Morgan fingerprint density at radius 1 is 1.12 bits per heavy atom. The molecule has 1 aliphatic carbocycles. The van der Waals surface area contributed by atoms with Gasteiger partial charge >= 0.3 is 0 Å². The molecule has 4 nitrogen and oxygen atoms in total. The van der Waals surface area contributed by atoms with Crippen molar-refractivity contribution >= 4 is 28.9 Å². The molecule has 2 saturated heterocycles. The van der Waals surface area contributed by atoms with Crippen molar-refractivity contribution in [3.05, 3.63) is 29.3 Å². The highest BCUT2D eigenvalue weighted by molar-refractivity contribution is 7.80. The lowest BCUT2D eigenvalue weighted by atomic mass is 9.82. The number of thiocarbonyl (C=S) groups is 1. The number of nitrogens with zero attached hydrogens (tertiary/aromatic N) is 1. The number of aryl methyl sites for hydroxylation is 1. The molecule has 2 aliphatic heterocycles. The fourth-order valence-corrected chi connectivity index (χ4v) is 4.97. The van der Waals surface area contributed by atoms with Crippen LogP contribution in [0, 0.1) is 19.8 Å². The van der Waals surface area contributed by atoms with Crippen LogP contribution in [0.2, 0.25) is 0 Å². The van der Waals surface area contributed by atoms with Crippen LogP contribution in [-0.2, 0) is 4.79 Å². The first-order valence-electron chi connectivity index (χ1n) is 9.99. The zero-order valence-electron chi connectivity index (χ0n) is 15.8. The fourth-order valence-electron chi connectivity index (χ4n) is 4.56. The second-order valence-corrected chi connectivity index (χ2v) is 8.66. The molecule has 1 unspecified atom stereocenters. The highest BCUT2D eigenvalue weighted by atomic mass is 32.1. The van der Waals surface area contributed by atoms with Crippen molar-refractivity contribution in [2.45, 2.75) is 76.9 Å². The van der Waals surface area contributed by atoms with Crippen molar-refractivity contribution in [3.8, 4) is 0 Å². The van der Waals surface area contributed by atoms with E-state index < -0.39 is 0 Å². The molecule has 1 aromatic carbocycles. The summed E-state index contributed by atoms with van der Waals surface area (Å²) in [6, 6.07) is 7.51. The summed E-state index contributed by atoms with van der Waals surface area (Å²) in [6.45, 7) is 4.27. The van der Waals surface area contributed by atoms with Gasteiger partial charge in [0, 0.05) is 29.7 Å². The molecule has 0 aromatic heterocycles. The Kier molecular flexibility index (Phi) is 4.91. The lowest BCUT2D eigenvalue weighted by Crippen LogP contribution is -2.59. The smallest absolute Gasteiger partial charge is 0.223 e. The molecule has 1 amide bonds. The van der Waals surface area contributed by atoms with E-state index >= 15 is 0 Å². The van der Waals surface area contributed by atoms with Crippen LogP contribution in [0.15, 0.2) is 18.2 Å². The van der Waals surface area contributed by atoms with Crippen molar-refractivity contribution in [2.24, 2.45) is 5.92 Å². The van der Waals surface area contributed by atoms with Crippen molar-refractivity contribution in [3.63, 3.8) is 0 Å². The minimum atomic E-state index is 0.276. The van der Waals surface area contributed by atoms with E-state index in [9.17, 15) is 4.79 Å². The Morgan fingerprint density at radius 2 is 1.81 bits per heavy atom. The summed E-state index contributed by atoms with van der Waals surface area (Å²) in [5, 5.41) is 7.66. The van der Waals surface area contributed by atoms with Crippen molar-refractivity contribution in [2.75, 3.05) is 5.32 Å². The largest absolute Gasteiger partial charge is 0.353 e. The van der Waals surface area contributed by atoms with Crippen LogP contribution in [-0.4, -0.2) is 34.0 Å². The van der Waals surface area contributed by atoms with Gasteiger partial charge in [-0.15, -0.1) is 0 Å². The number of nitrogens with one attached hydrogen (secondary N) is 2. The third-order valence-electron chi connectivity index (χ3n) is 6.35. The van der Waals surface area contributed by atoms with E-state index in [0.717, 1.165) is 36.5 Å². The van der Waals surface area contributed by atoms with Gasteiger partial charge in [-0.05, 0) is 88.2 Å². The molecule has 3 fully saturated rings. The molecule has 3 aliphatic rings. The van der Waals surface area contributed by atoms with E-state index in [1.165, 1.54) is 30.4 Å². The standard InChI is InChI=1S/C21H29N3OS/c1-13-5-3-8-19(14(13)2)23-21(26)24-17-6-4-7-18(24)12-16(11-17)22-20(25)15-9-10-15/h3,5,8,15-18H,4,6-7,9-12H2,1-2H3,(H,22,25)(H,23,26)/t16?,17-,18+. The Morgan fingerprint density at radius 3 is 2.46 bits per heavy atom. The minimum absolute atomic E-state index is 0.276. The van der Waals surface area contributed by atoms with Gasteiger partial charge in [0.25, 0.3) is 0 Å². The number of amides is 1. The second kappa shape index (κ2) is 7.18. The zero-order chi connectivity index (χ0) is 18.3. The van der Waals surface area contributed by atoms with Crippen LogP contribution >= 0.6 is 12.2 Å². The van der Waals surface area contributed by atoms with Gasteiger partial charge in [0.2, 0.25) is 5.91 Å². The summed E-state index contributed by atoms with van der Waals surface area (Å²) in [5.41, 5.74) is 3.64. The molecule has 0 spiro atoms. The molecule has 5 heteroatoms. The first-order chi connectivity index (χ1) is 12.5. The molecule has 2 heterocycles. The number of hydrogen-bond donors (Lipinski definition) is 2. The third kappa shape index (κ3) is 3.59. The number of carbonyl (C=O) groups is 1. The summed E-state index contributed by atoms with van der Waals surface area (Å²) in [7, 11) is 0. The van der Waals surface area contributed by atoms with Gasteiger partial charge in [0.15, 0.2) is 5.11 Å². The molecule has 2 N–H and O–H groups in total. The Hall–Kier alpha value is -1.62. The van der Waals surface area contributed by atoms with Crippen LogP contribution in [0.5, 0.6) is 0 Å². The van der Waals surface area contributed by atoms with Crippen LogP contribution in [0.3, 0.4) is 0 Å². The predicted octanol–water partition coefficient (Wildman–Crippen LogP) is 3.91. The van der Waals surface area contributed by atoms with E-state index in [2.05, 4.69) is 47.6 Å². The number of benzene rings is 1. The van der Waals surface area contributed by atoms with Gasteiger partial charge in [0.1, 0.15) is 0 Å². The van der Waals surface area contributed by atoms with Gasteiger partial charge in [-0.25, -0.2) is 0 Å². The third-order valence-corrected chi connectivity index (χ3v) is 6.66. The summed E-state index contributed by atoms with van der Waals surface area (Å²) in [5.74, 6) is 0.567. The first-order valence-corrected chi connectivity index (χ1v) is 10.4. The van der Waals surface area contributed by atoms with E-state index in [0.29, 0.717) is 24.0 Å². The summed E-state index contributed by atoms with van der Waals surface area (Å²) >= 11 is 5.82. The highest BCUT2D eigenvalue weighted by Gasteiger charge is 2.41. The number of anilines is 1. The van der Waals surface area contributed by atoms with E-state index in [4.69, 9.17) is 12.2 Å². The average molecular weight is 372 g/mol. The number of piperidine rings is 2. The molecular weight excluding hydrogens is 342 g/mol. The van der Waals surface area contributed by atoms with Gasteiger partial charge in [-0.1, -0.05) is 12.1 Å². The fraction of sp³-hybridized carbons (Fsp3) is 0.619. The molecule has 26 heavy (non-hydrogen) atoms. The summed E-state index contributed by atoms with van der Waals surface area (Å²) in [6.07, 6.45) is 7.78. The SMILES string of the molecule is Cc1cccc(NC(=S)N2[C@@H]3CCC[C@H]2CC(NC(=O)C2CC2)C3)c1C. The van der Waals surface area contributed by atoms with E-state index in [1.54, 1.807) is 0 Å². The quantitative estimate of drug-likeness (QED) is 0.791. The number of fused-ring (bicyclic) bond motifs is 2. The molecule has 140 valence electrons. The molecule has 1 aromatic rings. The normalized spacial score (nSPS) is 27.8. The maximum absolute atomic E-state index is 12.2.